The molecule has 2 aromatic rings. The normalized spacial score (nSPS) is 10.4. The molecular formula is C10H10FN3O2. The zero-order chi connectivity index (χ0) is 11.7. The predicted molar refractivity (Wildman–Crippen MR) is 57.0 cm³/mol. The van der Waals surface area contributed by atoms with Crippen LogP contribution >= 0.6 is 0 Å². The van der Waals surface area contributed by atoms with Gasteiger partial charge in [0.15, 0.2) is 17.3 Å². The Kier molecular flexibility index (Phi) is 2.47. The lowest BCUT2D eigenvalue weighted by Crippen LogP contribution is -1.99. The summed E-state index contributed by atoms with van der Waals surface area (Å²) in [5, 5.41) is 0.401. The highest BCUT2D eigenvalue weighted by Gasteiger charge is 2.17. The van der Waals surface area contributed by atoms with Crippen molar-refractivity contribution in [3.63, 3.8) is 0 Å². The number of fused-ring (bicyclic) bond motifs is 1. The topological polar surface area (TPSA) is 70.3 Å². The maximum absolute atomic E-state index is 13.9. The van der Waals surface area contributed by atoms with Gasteiger partial charge < -0.3 is 15.2 Å². The van der Waals surface area contributed by atoms with Gasteiger partial charge in [-0.1, -0.05) is 0 Å². The highest BCUT2D eigenvalue weighted by atomic mass is 19.1. The number of anilines is 1. The Morgan fingerprint density at radius 1 is 1.25 bits per heavy atom. The third-order valence-electron chi connectivity index (χ3n) is 2.25. The number of nitrogen functional groups attached to an aromatic ring is 1. The molecule has 0 radical (unpaired) electrons. The average molecular weight is 223 g/mol. The fraction of sp³-hybridized carbons (Fsp3) is 0.200. The Balaban J connectivity index is 2.87. The third kappa shape index (κ3) is 1.39. The van der Waals surface area contributed by atoms with Crippen molar-refractivity contribution in [2.45, 2.75) is 0 Å². The second kappa shape index (κ2) is 3.80. The Labute approximate surface area is 91.0 Å². The van der Waals surface area contributed by atoms with Gasteiger partial charge in [-0.3, -0.25) is 0 Å². The van der Waals surface area contributed by atoms with Gasteiger partial charge in [-0.15, -0.1) is 0 Å². The number of benzene rings is 1. The summed E-state index contributed by atoms with van der Waals surface area (Å²) in [5.74, 6) is -0.141. The molecule has 0 saturated carbocycles. The van der Waals surface area contributed by atoms with Crippen LogP contribution in [0.25, 0.3) is 10.9 Å². The van der Waals surface area contributed by atoms with Crippen molar-refractivity contribution < 1.29 is 13.9 Å². The lowest BCUT2D eigenvalue weighted by molar-refractivity contribution is 0.339. The summed E-state index contributed by atoms with van der Waals surface area (Å²) in [6, 6.07) is 1.55. The third-order valence-corrected chi connectivity index (χ3v) is 2.25. The molecule has 0 spiro atoms. The van der Waals surface area contributed by atoms with E-state index in [-0.39, 0.29) is 22.8 Å². The van der Waals surface area contributed by atoms with Gasteiger partial charge in [0.25, 0.3) is 0 Å². The first-order valence-corrected chi connectivity index (χ1v) is 4.49. The van der Waals surface area contributed by atoms with E-state index in [9.17, 15) is 4.39 Å². The monoisotopic (exact) mass is 223 g/mol. The molecular weight excluding hydrogens is 213 g/mol. The van der Waals surface area contributed by atoms with Crippen molar-refractivity contribution in [3.8, 4) is 11.5 Å². The van der Waals surface area contributed by atoms with Gasteiger partial charge in [0.1, 0.15) is 17.7 Å². The van der Waals surface area contributed by atoms with Crippen molar-refractivity contribution in [3.05, 3.63) is 18.2 Å². The van der Waals surface area contributed by atoms with Gasteiger partial charge in [0.05, 0.1) is 14.2 Å². The van der Waals surface area contributed by atoms with Crippen LogP contribution in [-0.2, 0) is 0 Å². The SMILES string of the molecule is COc1cc2c(N)ncnc2c(F)c1OC. The summed E-state index contributed by atoms with van der Waals surface area (Å²) < 4.78 is 23.9. The Bertz CT molecular complexity index is 545. The standard InChI is InChI=1S/C10H10FN3O2/c1-15-6-3-5-8(7(11)9(6)16-2)13-4-14-10(5)12/h3-4H,1-2H3,(H2,12,13,14). The Morgan fingerprint density at radius 3 is 2.62 bits per heavy atom. The molecule has 0 aliphatic heterocycles. The van der Waals surface area contributed by atoms with Crippen LogP contribution in [0.15, 0.2) is 12.4 Å². The van der Waals surface area contributed by atoms with Crippen LogP contribution in [-0.4, -0.2) is 24.2 Å². The number of methoxy groups -OCH3 is 2. The molecule has 0 amide bonds. The summed E-state index contributed by atoms with van der Waals surface area (Å²) in [5.41, 5.74) is 5.74. The molecule has 0 aliphatic rings. The second-order valence-electron chi connectivity index (χ2n) is 3.08. The molecule has 84 valence electrons. The molecule has 0 unspecified atom stereocenters. The fourth-order valence-electron chi connectivity index (χ4n) is 1.48. The molecule has 0 atom stereocenters. The van der Waals surface area contributed by atoms with E-state index in [1.165, 1.54) is 20.5 Å². The van der Waals surface area contributed by atoms with E-state index < -0.39 is 5.82 Å². The number of aromatic nitrogens is 2. The minimum atomic E-state index is -0.606. The smallest absolute Gasteiger partial charge is 0.199 e. The van der Waals surface area contributed by atoms with E-state index >= 15 is 0 Å². The van der Waals surface area contributed by atoms with Crippen LogP contribution in [0.3, 0.4) is 0 Å². The van der Waals surface area contributed by atoms with Gasteiger partial charge in [-0.25, -0.2) is 14.4 Å². The number of rotatable bonds is 2. The maximum atomic E-state index is 13.9. The first kappa shape index (κ1) is 10.4. The molecule has 1 aromatic heterocycles. The molecule has 5 nitrogen and oxygen atoms in total. The summed E-state index contributed by atoms with van der Waals surface area (Å²) in [6.07, 6.45) is 1.20. The van der Waals surface area contributed by atoms with Gasteiger partial charge in [-0.05, 0) is 6.07 Å². The van der Waals surface area contributed by atoms with Crippen LogP contribution in [0.1, 0.15) is 0 Å². The lowest BCUT2D eigenvalue weighted by Gasteiger charge is -2.10. The van der Waals surface area contributed by atoms with E-state index in [1.54, 1.807) is 6.07 Å². The van der Waals surface area contributed by atoms with Crippen molar-refractivity contribution in [2.75, 3.05) is 20.0 Å². The molecule has 16 heavy (non-hydrogen) atoms. The number of nitrogens with two attached hydrogens (primary N) is 1. The maximum Gasteiger partial charge on any atom is 0.199 e. The minimum absolute atomic E-state index is 0.00750. The predicted octanol–water partition coefficient (Wildman–Crippen LogP) is 1.37. The molecule has 0 saturated heterocycles. The summed E-state index contributed by atoms with van der Waals surface area (Å²) >= 11 is 0. The minimum Gasteiger partial charge on any atom is -0.493 e. The Hall–Kier alpha value is -2.11. The highest BCUT2D eigenvalue weighted by Crippen LogP contribution is 2.36. The van der Waals surface area contributed by atoms with E-state index in [0.717, 1.165) is 0 Å². The molecule has 2 N–H and O–H groups in total. The van der Waals surface area contributed by atoms with Crippen molar-refractivity contribution in [2.24, 2.45) is 0 Å². The van der Waals surface area contributed by atoms with Crippen LogP contribution < -0.4 is 15.2 Å². The molecule has 6 heteroatoms. The zero-order valence-corrected chi connectivity index (χ0v) is 8.82. The van der Waals surface area contributed by atoms with Gasteiger partial charge in [-0.2, -0.15) is 0 Å². The lowest BCUT2D eigenvalue weighted by atomic mass is 10.2. The fourth-order valence-corrected chi connectivity index (χ4v) is 1.48. The van der Waals surface area contributed by atoms with Gasteiger partial charge >= 0.3 is 0 Å². The van der Waals surface area contributed by atoms with Crippen molar-refractivity contribution in [1.82, 2.24) is 9.97 Å². The van der Waals surface area contributed by atoms with Crippen LogP contribution in [0.5, 0.6) is 11.5 Å². The summed E-state index contributed by atoms with van der Waals surface area (Å²) in [7, 11) is 2.78. The highest BCUT2D eigenvalue weighted by molar-refractivity contribution is 5.91. The van der Waals surface area contributed by atoms with E-state index in [1.807, 2.05) is 0 Å². The molecule has 2 rings (SSSR count). The summed E-state index contributed by atoms with van der Waals surface area (Å²) in [6.45, 7) is 0. The number of hydrogen-bond donors (Lipinski definition) is 1. The largest absolute Gasteiger partial charge is 0.493 e. The Morgan fingerprint density at radius 2 is 2.00 bits per heavy atom. The van der Waals surface area contributed by atoms with Gasteiger partial charge in [0.2, 0.25) is 0 Å². The van der Waals surface area contributed by atoms with Crippen molar-refractivity contribution in [1.29, 1.82) is 0 Å². The molecule has 1 aromatic carbocycles. The van der Waals surface area contributed by atoms with Crippen LogP contribution in [0.4, 0.5) is 10.2 Å². The first-order valence-electron chi connectivity index (χ1n) is 4.49. The van der Waals surface area contributed by atoms with Crippen LogP contribution in [0.2, 0.25) is 0 Å². The van der Waals surface area contributed by atoms with E-state index in [2.05, 4.69) is 9.97 Å². The van der Waals surface area contributed by atoms with Gasteiger partial charge in [0, 0.05) is 5.39 Å². The molecule has 0 aliphatic carbocycles. The number of nitrogens with zero attached hydrogens (tertiary/aromatic N) is 2. The zero-order valence-electron chi connectivity index (χ0n) is 8.82. The molecule has 1 heterocycles. The van der Waals surface area contributed by atoms with E-state index in [0.29, 0.717) is 5.39 Å². The number of ether oxygens (including phenoxy) is 2. The van der Waals surface area contributed by atoms with Crippen molar-refractivity contribution >= 4 is 16.7 Å². The number of hydrogen-bond acceptors (Lipinski definition) is 5. The van der Waals surface area contributed by atoms with E-state index in [4.69, 9.17) is 15.2 Å². The van der Waals surface area contributed by atoms with Crippen LogP contribution in [0, 0.1) is 5.82 Å². The average Bonchev–Trinajstić information content (AvgIpc) is 2.30. The number of halogens is 1. The summed E-state index contributed by atoms with van der Waals surface area (Å²) in [4.78, 5) is 7.61. The second-order valence-corrected chi connectivity index (χ2v) is 3.08. The first-order chi connectivity index (χ1) is 7.69. The molecule has 0 fully saturated rings. The molecule has 0 bridgehead atoms. The quantitative estimate of drug-likeness (QED) is 0.832.